The van der Waals surface area contributed by atoms with Gasteiger partial charge < -0.3 is 10.1 Å². The third-order valence-corrected chi connectivity index (χ3v) is 5.91. The van der Waals surface area contributed by atoms with Crippen molar-refractivity contribution in [1.29, 1.82) is 0 Å². The van der Waals surface area contributed by atoms with Gasteiger partial charge in [0.1, 0.15) is 5.75 Å². The Morgan fingerprint density at radius 2 is 2.14 bits per heavy atom. The Kier molecular flexibility index (Phi) is 7.25. The summed E-state index contributed by atoms with van der Waals surface area (Å²) in [5, 5.41) is 10.4. The number of amides is 1. The quantitative estimate of drug-likeness (QED) is 0.607. The van der Waals surface area contributed by atoms with Crippen LogP contribution in [0.5, 0.6) is 5.75 Å². The molecule has 1 aromatic heterocycles. The highest BCUT2D eigenvalue weighted by Crippen LogP contribution is 2.30. The lowest BCUT2D eigenvalue weighted by atomic mass is 9.97. The predicted octanol–water partition coefficient (Wildman–Crippen LogP) is 4.48. The minimum Gasteiger partial charge on any atom is -0.497 e. The number of H-pyrrole nitrogens is 1. The summed E-state index contributed by atoms with van der Waals surface area (Å²) in [4.78, 5) is 12.6. The highest BCUT2D eigenvalue weighted by Gasteiger charge is 2.27. The number of ether oxygens (including phenoxy) is 1. The number of methoxy groups -OCH3 is 1. The summed E-state index contributed by atoms with van der Waals surface area (Å²) in [5.41, 5.74) is 0.934. The summed E-state index contributed by atoms with van der Waals surface area (Å²) in [5.74, 6) is 2.26. The highest BCUT2D eigenvalue weighted by molar-refractivity contribution is 7.71. The second kappa shape index (κ2) is 9.87. The summed E-state index contributed by atoms with van der Waals surface area (Å²) in [6, 6.07) is 7.99. The minimum absolute atomic E-state index is 0.0946. The molecule has 7 heteroatoms. The maximum absolute atomic E-state index is 12.6. The highest BCUT2D eigenvalue weighted by atomic mass is 32.1. The second-order valence-electron chi connectivity index (χ2n) is 7.49. The van der Waals surface area contributed by atoms with Gasteiger partial charge in [-0.15, -0.1) is 0 Å². The first-order valence-corrected chi connectivity index (χ1v) is 10.6. The number of carbonyl (C=O) groups excluding carboxylic acids is 1. The Morgan fingerprint density at radius 1 is 1.36 bits per heavy atom. The molecule has 1 fully saturated rings. The fourth-order valence-electron chi connectivity index (χ4n) is 4.02. The number of nitrogens with one attached hydrogen (secondary N) is 2. The van der Waals surface area contributed by atoms with E-state index in [1.54, 1.807) is 7.11 Å². The SMILES string of the molecule is CCCCC1CCCC1NC(=O)CCn1c(-c2ccc(OC)cc2)n[nH]c1=S. The molecule has 6 nitrogen and oxygen atoms in total. The Labute approximate surface area is 171 Å². The van der Waals surface area contributed by atoms with E-state index in [2.05, 4.69) is 22.4 Å². The smallest absolute Gasteiger partial charge is 0.222 e. The molecule has 0 aliphatic heterocycles. The first-order chi connectivity index (χ1) is 13.6. The van der Waals surface area contributed by atoms with Gasteiger partial charge in [-0.05, 0) is 61.7 Å². The molecule has 2 aromatic rings. The molecule has 0 bridgehead atoms. The molecule has 1 saturated carbocycles. The average Bonchev–Trinajstić information content (AvgIpc) is 3.31. The summed E-state index contributed by atoms with van der Waals surface area (Å²) in [6.45, 7) is 2.73. The monoisotopic (exact) mass is 402 g/mol. The molecule has 2 atom stereocenters. The Bertz CT molecular complexity index is 828. The zero-order valence-corrected chi connectivity index (χ0v) is 17.6. The lowest BCUT2D eigenvalue weighted by Crippen LogP contribution is -2.37. The van der Waals surface area contributed by atoms with E-state index in [1.807, 2.05) is 28.8 Å². The van der Waals surface area contributed by atoms with E-state index in [0.717, 1.165) is 23.6 Å². The normalized spacial score (nSPS) is 18.9. The second-order valence-corrected chi connectivity index (χ2v) is 7.88. The molecule has 3 rings (SSSR count). The third kappa shape index (κ3) is 5.01. The van der Waals surface area contributed by atoms with Crippen LogP contribution in [0.2, 0.25) is 0 Å². The molecule has 1 aliphatic carbocycles. The van der Waals surface area contributed by atoms with Gasteiger partial charge in [-0.25, -0.2) is 0 Å². The number of rotatable bonds is 9. The van der Waals surface area contributed by atoms with Crippen LogP contribution in [-0.4, -0.2) is 33.8 Å². The number of hydrogen-bond donors (Lipinski definition) is 2. The first-order valence-electron chi connectivity index (χ1n) is 10.2. The molecule has 2 unspecified atom stereocenters. The van der Waals surface area contributed by atoms with Gasteiger partial charge in [0.2, 0.25) is 5.91 Å². The zero-order chi connectivity index (χ0) is 19.9. The minimum atomic E-state index is 0.0946. The number of nitrogens with zero attached hydrogens (tertiary/aromatic N) is 2. The van der Waals surface area contributed by atoms with Crippen molar-refractivity contribution in [2.75, 3.05) is 7.11 Å². The molecule has 0 radical (unpaired) electrons. The lowest BCUT2D eigenvalue weighted by molar-refractivity contribution is -0.122. The van der Waals surface area contributed by atoms with Crippen molar-refractivity contribution < 1.29 is 9.53 Å². The van der Waals surface area contributed by atoms with Gasteiger partial charge in [0.15, 0.2) is 10.6 Å². The van der Waals surface area contributed by atoms with E-state index in [-0.39, 0.29) is 5.91 Å². The van der Waals surface area contributed by atoms with Gasteiger partial charge in [-0.2, -0.15) is 5.10 Å². The topological polar surface area (TPSA) is 71.9 Å². The van der Waals surface area contributed by atoms with Crippen LogP contribution in [0.25, 0.3) is 11.4 Å². The van der Waals surface area contributed by atoms with Crippen molar-refractivity contribution in [3.63, 3.8) is 0 Å². The van der Waals surface area contributed by atoms with Gasteiger partial charge in [-0.1, -0.05) is 26.2 Å². The van der Waals surface area contributed by atoms with E-state index >= 15 is 0 Å². The predicted molar refractivity (Wildman–Crippen MR) is 113 cm³/mol. The molecule has 1 heterocycles. The summed E-state index contributed by atoms with van der Waals surface area (Å²) >= 11 is 5.37. The molecular formula is C21H30N4O2S. The lowest BCUT2D eigenvalue weighted by Gasteiger charge is -2.21. The van der Waals surface area contributed by atoms with Gasteiger partial charge in [-0.3, -0.25) is 14.5 Å². The van der Waals surface area contributed by atoms with E-state index < -0.39 is 0 Å². The third-order valence-electron chi connectivity index (χ3n) is 5.60. The molecule has 0 spiro atoms. The van der Waals surface area contributed by atoms with Crippen molar-refractivity contribution in [3.8, 4) is 17.1 Å². The van der Waals surface area contributed by atoms with Crippen LogP contribution in [-0.2, 0) is 11.3 Å². The number of hydrogen-bond acceptors (Lipinski definition) is 4. The molecule has 152 valence electrons. The average molecular weight is 403 g/mol. The van der Waals surface area contributed by atoms with Crippen LogP contribution in [0.4, 0.5) is 0 Å². The van der Waals surface area contributed by atoms with Crippen LogP contribution in [0.15, 0.2) is 24.3 Å². The fourth-order valence-corrected chi connectivity index (χ4v) is 4.24. The fraction of sp³-hybridized carbons (Fsp3) is 0.571. The van der Waals surface area contributed by atoms with Crippen LogP contribution < -0.4 is 10.1 Å². The van der Waals surface area contributed by atoms with Crippen molar-refractivity contribution in [3.05, 3.63) is 29.0 Å². The Hall–Kier alpha value is -2.15. The van der Waals surface area contributed by atoms with Crippen molar-refractivity contribution in [2.24, 2.45) is 5.92 Å². The standard InChI is InChI=1S/C21H30N4O2S/c1-3-4-6-15-7-5-8-18(15)22-19(26)13-14-25-20(23-24-21(25)28)16-9-11-17(27-2)12-10-16/h9-12,15,18H,3-8,13-14H2,1-2H3,(H,22,26)(H,24,28). The molecule has 2 N–H and O–H groups in total. The number of unbranched alkanes of at least 4 members (excludes halogenated alkanes) is 1. The molecule has 28 heavy (non-hydrogen) atoms. The van der Waals surface area contributed by atoms with Gasteiger partial charge in [0.05, 0.1) is 7.11 Å². The van der Waals surface area contributed by atoms with Crippen LogP contribution in [0.1, 0.15) is 51.9 Å². The number of aromatic amines is 1. The van der Waals surface area contributed by atoms with Crippen LogP contribution in [0, 0.1) is 10.7 Å². The largest absolute Gasteiger partial charge is 0.497 e. The van der Waals surface area contributed by atoms with Crippen molar-refractivity contribution in [2.45, 2.75) is 64.5 Å². The first kappa shape index (κ1) is 20.6. The Balaban J connectivity index is 1.60. The Morgan fingerprint density at radius 3 is 2.86 bits per heavy atom. The summed E-state index contributed by atoms with van der Waals surface area (Å²) in [6.07, 6.45) is 7.62. The molecule has 1 aromatic carbocycles. The van der Waals surface area contributed by atoms with Crippen LogP contribution in [0.3, 0.4) is 0 Å². The molecule has 1 aliphatic rings. The number of benzene rings is 1. The maximum atomic E-state index is 12.6. The van der Waals surface area contributed by atoms with Gasteiger partial charge in [0.25, 0.3) is 0 Å². The summed E-state index contributed by atoms with van der Waals surface area (Å²) in [7, 11) is 1.64. The molecular weight excluding hydrogens is 372 g/mol. The number of aromatic nitrogens is 3. The maximum Gasteiger partial charge on any atom is 0.222 e. The number of carbonyl (C=O) groups is 1. The van der Waals surface area contributed by atoms with E-state index in [0.29, 0.717) is 29.7 Å². The molecule has 1 amide bonds. The summed E-state index contributed by atoms with van der Waals surface area (Å²) < 4.78 is 7.62. The zero-order valence-electron chi connectivity index (χ0n) is 16.7. The van der Waals surface area contributed by atoms with Gasteiger partial charge in [0, 0.05) is 24.6 Å². The van der Waals surface area contributed by atoms with Crippen molar-refractivity contribution >= 4 is 18.1 Å². The van der Waals surface area contributed by atoms with E-state index in [1.165, 1.54) is 32.1 Å². The van der Waals surface area contributed by atoms with E-state index in [4.69, 9.17) is 17.0 Å². The van der Waals surface area contributed by atoms with E-state index in [9.17, 15) is 4.79 Å². The molecule has 0 saturated heterocycles. The van der Waals surface area contributed by atoms with Crippen molar-refractivity contribution in [1.82, 2.24) is 20.1 Å². The van der Waals surface area contributed by atoms with Gasteiger partial charge >= 0.3 is 0 Å². The van der Waals surface area contributed by atoms with Crippen LogP contribution >= 0.6 is 12.2 Å².